The molecule has 2 amide bonds. The Morgan fingerprint density at radius 1 is 0.800 bits per heavy atom. The van der Waals surface area contributed by atoms with Crippen LogP contribution in [0.1, 0.15) is 13.8 Å². The Morgan fingerprint density at radius 2 is 1.32 bits per heavy atom. The third kappa shape index (κ3) is 8.10. The van der Waals surface area contributed by atoms with Gasteiger partial charge in [-0.2, -0.15) is 0 Å². The molecule has 0 aromatic rings. The Morgan fingerprint density at radius 3 is 1.80 bits per heavy atom. The summed E-state index contributed by atoms with van der Waals surface area (Å²) in [4.78, 5) is 35.7. The maximum absolute atomic E-state index is 12.1. The van der Waals surface area contributed by atoms with Gasteiger partial charge in [-0.15, -0.1) is 0 Å². The van der Waals surface area contributed by atoms with E-state index in [0.29, 0.717) is 0 Å². The second kappa shape index (κ2) is 15.4. The Labute approximate surface area is 228 Å². The van der Waals surface area contributed by atoms with E-state index in [2.05, 4.69) is 10.6 Å². The number of hydrogen-bond acceptors (Lipinski definition) is 16. The largest absolute Gasteiger partial charge is 0.394 e. The third-order valence-corrected chi connectivity index (χ3v) is 6.44. The molecule has 2 heterocycles. The predicted molar refractivity (Wildman–Crippen MR) is 126 cm³/mol. The Kier molecular flexibility index (Phi) is 13.2. The number of nitrogens with one attached hydrogen (secondary N) is 2. The Bertz CT molecular complexity index is 835. The summed E-state index contributed by atoms with van der Waals surface area (Å²) in [5, 5.41) is 95.3. The van der Waals surface area contributed by atoms with Crippen LogP contribution in [0, 0.1) is 0 Å². The van der Waals surface area contributed by atoms with Crippen molar-refractivity contribution in [3.63, 3.8) is 0 Å². The van der Waals surface area contributed by atoms with Crippen molar-refractivity contribution in [2.75, 3.05) is 19.8 Å². The van der Waals surface area contributed by atoms with Gasteiger partial charge in [0.05, 0.1) is 19.8 Å². The van der Waals surface area contributed by atoms with Crippen molar-refractivity contribution in [1.82, 2.24) is 10.6 Å². The van der Waals surface area contributed by atoms with Gasteiger partial charge in [0.1, 0.15) is 79.4 Å². The minimum atomic E-state index is -1.99. The van der Waals surface area contributed by atoms with E-state index < -0.39 is 117 Å². The molecule has 2 saturated heterocycles. The van der Waals surface area contributed by atoms with Gasteiger partial charge in [0, 0.05) is 13.8 Å². The molecule has 0 radical (unpaired) electrons. The second-order valence-electron chi connectivity index (χ2n) is 9.44. The molecule has 0 bridgehead atoms. The van der Waals surface area contributed by atoms with Gasteiger partial charge < -0.3 is 80.3 Å². The maximum Gasteiger partial charge on any atom is 0.217 e. The lowest BCUT2D eigenvalue weighted by Crippen LogP contribution is -2.67. The maximum atomic E-state index is 12.1. The molecule has 18 heteroatoms. The molecule has 2 rings (SSSR count). The fraction of sp³-hybridized carbons (Fsp3) is 0.864. The van der Waals surface area contributed by atoms with Gasteiger partial charge in [0.15, 0.2) is 12.6 Å². The number of rotatable bonds is 13. The molecule has 18 nitrogen and oxygen atoms in total. The van der Waals surface area contributed by atoms with Crippen molar-refractivity contribution in [2.24, 2.45) is 0 Å². The number of amides is 2. The first-order chi connectivity index (χ1) is 18.8. The van der Waals surface area contributed by atoms with Gasteiger partial charge in [-0.1, -0.05) is 0 Å². The summed E-state index contributed by atoms with van der Waals surface area (Å²) in [5.74, 6) is -1.49. The number of carbonyl (C=O) groups is 3. The second-order valence-corrected chi connectivity index (χ2v) is 9.44. The van der Waals surface area contributed by atoms with Gasteiger partial charge in [0.25, 0.3) is 0 Å². The normalized spacial score (nSPS) is 37.6. The molecule has 40 heavy (non-hydrogen) atoms. The van der Waals surface area contributed by atoms with Crippen molar-refractivity contribution < 1.29 is 79.3 Å². The smallest absolute Gasteiger partial charge is 0.217 e. The molecule has 0 saturated carbocycles. The summed E-state index contributed by atoms with van der Waals surface area (Å²) < 4.78 is 22.2. The zero-order chi connectivity index (χ0) is 30.3. The van der Waals surface area contributed by atoms with Crippen LogP contribution in [-0.4, -0.2) is 170 Å². The lowest BCUT2D eigenvalue weighted by molar-refractivity contribution is -0.340. The lowest BCUT2D eigenvalue weighted by Gasteiger charge is -2.46. The van der Waals surface area contributed by atoms with Gasteiger partial charge in [-0.25, -0.2) is 0 Å². The van der Waals surface area contributed by atoms with Crippen molar-refractivity contribution in [2.45, 2.75) is 99.6 Å². The molecule has 0 aromatic heterocycles. The summed E-state index contributed by atoms with van der Waals surface area (Å²) in [5.41, 5.74) is 0. The van der Waals surface area contributed by atoms with Gasteiger partial charge in [-0.3, -0.25) is 9.59 Å². The zero-order valence-corrected chi connectivity index (χ0v) is 21.7. The summed E-state index contributed by atoms with van der Waals surface area (Å²) >= 11 is 0. The van der Waals surface area contributed by atoms with Gasteiger partial charge in [0.2, 0.25) is 11.8 Å². The zero-order valence-electron chi connectivity index (χ0n) is 21.7. The molecule has 2 fully saturated rings. The molecule has 0 aromatic carbocycles. The lowest BCUT2D eigenvalue weighted by atomic mass is 9.95. The SMILES string of the molecule is CC(=O)N[C@H]1[C@H](O[C@@H]([C@H](O[C@@H]2O[C@H](CO)[C@@H](O)[C@H](O)[C@@H]2O)[C@H](O)CO)[C@H](C=O)NC(C)=O)O[C@H](CO)[C@@H](O)[C@@H]1O. The highest BCUT2D eigenvalue weighted by Crippen LogP contribution is 2.29. The van der Waals surface area contributed by atoms with Crippen LogP contribution in [0.2, 0.25) is 0 Å². The third-order valence-electron chi connectivity index (χ3n) is 6.44. The van der Waals surface area contributed by atoms with Crippen LogP contribution in [-0.2, 0) is 33.3 Å². The van der Waals surface area contributed by atoms with Crippen molar-refractivity contribution in [3.05, 3.63) is 0 Å². The first-order valence-electron chi connectivity index (χ1n) is 12.3. The fourth-order valence-electron chi connectivity index (χ4n) is 4.36. The molecule has 0 spiro atoms. The average molecular weight is 587 g/mol. The monoisotopic (exact) mass is 586 g/mol. The summed E-state index contributed by atoms with van der Waals surface area (Å²) in [6.45, 7) is -0.629. The predicted octanol–water partition coefficient (Wildman–Crippen LogP) is -7.44. The van der Waals surface area contributed by atoms with Crippen LogP contribution in [0.3, 0.4) is 0 Å². The highest BCUT2D eigenvalue weighted by Gasteiger charge is 2.51. The first-order valence-corrected chi connectivity index (χ1v) is 12.3. The molecular weight excluding hydrogens is 548 g/mol. The molecule has 0 aliphatic carbocycles. The number of aliphatic hydroxyl groups is 9. The fourth-order valence-corrected chi connectivity index (χ4v) is 4.36. The number of carbonyl (C=O) groups excluding carboxylic acids is 3. The van der Waals surface area contributed by atoms with Crippen molar-refractivity contribution >= 4 is 18.1 Å². The van der Waals surface area contributed by atoms with Crippen molar-refractivity contribution in [3.8, 4) is 0 Å². The average Bonchev–Trinajstić information content (AvgIpc) is 2.92. The minimum Gasteiger partial charge on any atom is -0.394 e. The van der Waals surface area contributed by atoms with E-state index in [1.807, 2.05) is 0 Å². The van der Waals surface area contributed by atoms with Crippen LogP contribution in [0.5, 0.6) is 0 Å². The van der Waals surface area contributed by atoms with E-state index in [0.717, 1.165) is 13.8 Å². The Balaban J connectivity index is 2.52. The van der Waals surface area contributed by atoms with Gasteiger partial charge >= 0.3 is 0 Å². The molecule has 0 unspecified atom stereocenters. The summed E-state index contributed by atoms with van der Waals surface area (Å²) in [6.07, 6.45) is -21.4. The standard InChI is InChI=1S/C22H38N2O16/c1-7(29)23-9(3-25)19(39-21-13(24-8(2)30)16(34)14(32)11(5-27)37-21)20(10(31)4-26)40-22-18(36)17(35)15(33)12(6-28)38-22/h3,9-22,26-28,31-36H,4-6H2,1-2H3,(H,23,29)(H,24,30)/t9-,10+,11+,12+,13+,14+,15+,16+,17-,18-,19+,20+,21-,22-/m0/s1. The highest BCUT2D eigenvalue weighted by atomic mass is 16.7. The van der Waals surface area contributed by atoms with E-state index in [1.54, 1.807) is 0 Å². The number of aliphatic hydroxyl groups excluding tert-OH is 9. The van der Waals surface area contributed by atoms with Crippen molar-refractivity contribution in [1.29, 1.82) is 0 Å². The minimum absolute atomic E-state index is 0.158. The number of aldehydes is 1. The topological polar surface area (TPSA) is 294 Å². The van der Waals surface area contributed by atoms with Crippen LogP contribution in [0.15, 0.2) is 0 Å². The molecule has 14 atom stereocenters. The van der Waals surface area contributed by atoms with E-state index in [4.69, 9.17) is 18.9 Å². The molecular formula is C22H38N2O16. The molecule has 232 valence electrons. The van der Waals surface area contributed by atoms with E-state index in [-0.39, 0.29) is 6.29 Å². The van der Waals surface area contributed by atoms with Crippen LogP contribution in [0.4, 0.5) is 0 Å². The van der Waals surface area contributed by atoms with E-state index >= 15 is 0 Å². The summed E-state index contributed by atoms with van der Waals surface area (Å²) in [7, 11) is 0. The van der Waals surface area contributed by atoms with Crippen LogP contribution >= 0.6 is 0 Å². The molecule has 2 aliphatic rings. The highest BCUT2D eigenvalue weighted by molar-refractivity contribution is 5.77. The van der Waals surface area contributed by atoms with Crippen LogP contribution < -0.4 is 10.6 Å². The molecule has 11 N–H and O–H groups in total. The van der Waals surface area contributed by atoms with E-state index in [1.165, 1.54) is 0 Å². The number of hydrogen-bond donors (Lipinski definition) is 11. The van der Waals surface area contributed by atoms with E-state index in [9.17, 15) is 60.3 Å². The van der Waals surface area contributed by atoms with Gasteiger partial charge in [-0.05, 0) is 0 Å². The molecule has 2 aliphatic heterocycles. The summed E-state index contributed by atoms with van der Waals surface area (Å²) in [6, 6.07) is -3.24. The Hall–Kier alpha value is -1.91. The number of ether oxygens (including phenoxy) is 4. The quantitative estimate of drug-likeness (QED) is 0.0893. The van der Waals surface area contributed by atoms with Crippen LogP contribution in [0.25, 0.3) is 0 Å². The first kappa shape index (κ1) is 34.3.